The lowest BCUT2D eigenvalue weighted by molar-refractivity contribution is 0.0380. The van der Waals surface area contributed by atoms with Crippen molar-refractivity contribution < 1.29 is 9.47 Å². The van der Waals surface area contributed by atoms with Gasteiger partial charge in [-0.3, -0.25) is 9.80 Å². The summed E-state index contributed by atoms with van der Waals surface area (Å²) in [5, 5.41) is 0. The van der Waals surface area contributed by atoms with Crippen LogP contribution >= 0.6 is 0 Å². The predicted molar refractivity (Wildman–Crippen MR) is 133 cm³/mol. The Bertz CT molecular complexity index is 1000. The number of piperazine rings is 1. The number of nitrogens with zero attached hydrogens (tertiary/aromatic N) is 2. The van der Waals surface area contributed by atoms with Gasteiger partial charge in [0.15, 0.2) is 0 Å². The van der Waals surface area contributed by atoms with Gasteiger partial charge in [0.25, 0.3) is 0 Å². The van der Waals surface area contributed by atoms with Gasteiger partial charge < -0.3 is 9.47 Å². The Labute approximate surface area is 197 Å². The van der Waals surface area contributed by atoms with Crippen LogP contribution < -0.4 is 9.47 Å². The van der Waals surface area contributed by atoms with Gasteiger partial charge in [-0.15, -0.1) is 0 Å². The van der Waals surface area contributed by atoms with Crippen molar-refractivity contribution in [3.63, 3.8) is 0 Å². The third-order valence-electron chi connectivity index (χ3n) is 7.35. The van der Waals surface area contributed by atoms with Crippen LogP contribution in [0, 0.1) is 0 Å². The quantitative estimate of drug-likeness (QED) is 0.503. The largest absolute Gasteiger partial charge is 0.497 e. The maximum atomic E-state index is 5.69. The fourth-order valence-electron chi connectivity index (χ4n) is 5.86. The molecule has 2 saturated heterocycles. The molecule has 2 heterocycles. The molecule has 0 unspecified atom stereocenters. The Hall–Kier alpha value is -2.82. The Kier molecular flexibility index (Phi) is 6.65. The third-order valence-corrected chi connectivity index (χ3v) is 7.35. The van der Waals surface area contributed by atoms with Gasteiger partial charge >= 0.3 is 0 Å². The van der Waals surface area contributed by atoms with Crippen LogP contribution in [0.5, 0.6) is 11.5 Å². The Morgan fingerprint density at radius 2 is 1.55 bits per heavy atom. The van der Waals surface area contributed by atoms with E-state index in [2.05, 4.69) is 76.5 Å². The zero-order valence-corrected chi connectivity index (χ0v) is 19.7. The third kappa shape index (κ3) is 4.64. The van der Waals surface area contributed by atoms with Crippen molar-refractivity contribution in [2.45, 2.75) is 37.4 Å². The molecule has 172 valence electrons. The van der Waals surface area contributed by atoms with E-state index >= 15 is 0 Å². The maximum Gasteiger partial charge on any atom is 0.123 e. The zero-order chi connectivity index (χ0) is 22.6. The first-order valence-corrected chi connectivity index (χ1v) is 12.1. The first-order chi connectivity index (χ1) is 16.3. The minimum Gasteiger partial charge on any atom is -0.497 e. The second-order valence-electron chi connectivity index (χ2n) is 9.27. The van der Waals surface area contributed by atoms with Crippen LogP contribution in [0.4, 0.5) is 0 Å². The lowest BCUT2D eigenvalue weighted by Gasteiger charge is -2.47. The van der Waals surface area contributed by atoms with Gasteiger partial charge in [0.1, 0.15) is 11.5 Å². The highest BCUT2D eigenvalue weighted by atomic mass is 16.5. The van der Waals surface area contributed by atoms with Gasteiger partial charge in [0, 0.05) is 43.2 Å². The van der Waals surface area contributed by atoms with Gasteiger partial charge in [-0.05, 0) is 48.7 Å². The number of rotatable bonds is 7. The highest BCUT2D eigenvalue weighted by Crippen LogP contribution is 2.38. The molecule has 2 aliphatic rings. The molecule has 0 aromatic heterocycles. The monoisotopic (exact) mass is 442 g/mol. The van der Waals surface area contributed by atoms with Gasteiger partial charge in [-0.2, -0.15) is 0 Å². The van der Waals surface area contributed by atoms with Gasteiger partial charge in [-0.1, -0.05) is 60.7 Å². The number of hydrogen-bond donors (Lipinski definition) is 0. The number of fused-ring (bicyclic) bond motifs is 1. The summed E-state index contributed by atoms with van der Waals surface area (Å²) in [6.45, 7) is 4.21. The molecule has 0 N–H and O–H groups in total. The van der Waals surface area contributed by atoms with Crippen molar-refractivity contribution in [1.82, 2.24) is 9.80 Å². The zero-order valence-electron chi connectivity index (χ0n) is 19.7. The topological polar surface area (TPSA) is 24.9 Å². The normalized spacial score (nSPS) is 21.2. The predicted octanol–water partition coefficient (Wildman–Crippen LogP) is 5.18. The second-order valence-corrected chi connectivity index (χ2v) is 9.27. The number of methoxy groups -OCH3 is 2. The van der Waals surface area contributed by atoms with E-state index in [-0.39, 0.29) is 0 Å². The Morgan fingerprint density at radius 1 is 0.848 bits per heavy atom. The molecule has 0 bridgehead atoms. The molecule has 33 heavy (non-hydrogen) atoms. The lowest BCUT2D eigenvalue weighted by Crippen LogP contribution is -2.57. The Morgan fingerprint density at radius 3 is 2.18 bits per heavy atom. The van der Waals surface area contributed by atoms with E-state index in [1.807, 2.05) is 12.1 Å². The maximum absolute atomic E-state index is 5.69. The molecule has 3 aromatic carbocycles. The molecule has 0 saturated carbocycles. The first-order valence-electron chi connectivity index (χ1n) is 12.1. The van der Waals surface area contributed by atoms with Crippen molar-refractivity contribution in [1.29, 1.82) is 0 Å². The molecule has 2 atom stereocenters. The van der Waals surface area contributed by atoms with Crippen molar-refractivity contribution in [2.75, 3.05) is 33.9 Å². The number of ether oxygens (including phenoxy) is 2. The fraction of sp³-hybridized carbons (Fsp3) is 0.379. The highest BCUT2D eigenvalue weighted by Gasteiger charge is 2.41. The van der Waals surface area contributed by atoms with Crippen LogP contribution in [-0.2, 0) is 6.54 Å². The summed E-state index contributed by atoms with van der Waals surface area (Å²) in [7, 11) is 3.48. The molecule has 4 heteroatoms. The molecule has 5 rings (SSSR count). The highest BCUT2D eigenvalue weighted by molar-refractivity contribution is 5.40. The molecule has 4 nitrogen and oxygen atoms in total. The van der Waals surface area contributed by atoms with Crippen LogP contribution in [0.2, 0.25) is 0 Å². The molecule has 0 aliphatic carbocycles. The van der Waals surface area contributed by atoms with Crippen molar-refractivity contribution in [3.05, 3.63) is 95.6 Å². The minimum atomic E-state index is 0.350. The molecular weight excluding hydrogens is 408 g/mol. The summed E-state index contributed by atoms with van der Waals surface area (Å²) in [6.07, 6.45) is 2.56. The molecular formula is C29H34N2O2. The summed E-state index contributed by atoms with van der Waals surface area (Å²) < 4.78 is 11.2. The first kappa shape index (κ1) is 22.0. The van der Waals surface area contributed by atoms with Crippen molar-refractivity contribution >= 4 is 0 Å². The van der Waals surface area contributed by atoms with E-state index in [4.69, 9.17) is 9.47 Å². The van der Waals surface area contributed by atoms with E-state index in [1.54, 1.807) is 14.2 Å². The van der Waals surface area contributed by atoms with E-state index in [0.29, 0.717) is 18.0 Å². The summed E-state index contributed by atoms with van der Waals surface area (Å²) in [5.41, 5.74) is 4.00. The van der Waals surface area contributed by atoms with Crippen molar-refractivity contribution in [3.8, 4) is 11.5 Å². The fourth-order valence-corrected chi connectivity index (χ4v) is 5.86. The van der Waals surface area contributed by atoms with Crippen molar-refractivity contribution in [2.24, 2.45) is 0 Å². The average molecular weight is 443 g/mol. The summed E-state index contributed by atoms with van der Waals surface area (Å²) in [4.78, 5) is 5.43. The van der Waals surface area contributed by atoms with E-state index in [9.17, 15) is 0 Å². The molecule has 2 fully saturated rings. The smallest absolute Gasteiger partial charge is 0.123 e. The van der Waals surface area contributed by atoms with Gasteiger partial charge in [0.2, 0.25) is 0 Å². The van der Waals surface area contributed by atoms with Crippen LogP contribution in [0.3, 0.4) is 0 Å². The van der Waals surface area contributed by atoms with Crippen LogP contribution in [0.25, 0.3) is 0 Å². The Balaban J connectivity index is 1.49. The minimum absolute atomic E-state index is 0.350. The lowest BCUT2D eigenvalue weighted by atomic mass is 9.82. The van der Waals surface area contributed by atoms with Crippen LogP contribution in [0.1, 0.15) is 35.4 Å². The second kappa shape index (κ2) is 9.98. The molecule has 2 aliphatic heterocycles. The molecule has 3 aromatic rings. The van der Waals surface area contributed by atoms with E-state index in [1.165, 1.54) is 36.1 Å². The number of hydrogen-bond acceptors (Lipinski definition) is 4. The van der Waals surface area contributed by atoms with Crippen LogP contribution in [-0.4, -0.2) is 55.7 Å². The summed E-state index contributed by atoms with van der Waals surface area (Å²) in [6, 6.07) is 29.3. The summed E-state index contributed by atoms with van der Waals surface area (Å²) in [5.74, 6) is 2.17. The van der Waals surface area contributed by atoms with Gasteiger partial charge in [0.05, 0.1) is 14.2 Å². The standard InChI is InChI=1S/C29H34N2O2/c1-32-26-15-16-28(33-2)24(18-26)19-30-20-25-14-9-17-31(25)27(21-30)29(22-10-5-3-6-11-22)23-12-7-4-8-13-23/h3-8,10-13,15-16,18,25,27,29H,9,14,17,19-21H2,1-2H3/t25-,27-/m0/s1. The summed E-state index contributed by atoms with van der Waals surface area (Å²) >= 11 is 0. The SMILES string of the molecule is COc1ccc(OC)c(CN2C[C@@H]3CCCN3[C@H](C(c3ccccc3)c3ccccc3)C2)c1. The van der Waals surface area contributed by atoms with E-state index in [0.717, 1.165) is 31.1 Å². The number of benzene rings is 3. The molecule has 0 amide bonds. The van der Waals surface area contributed by atoms with Gasteiger partial charge in [-0.25, -0.2) is 0 Å². The van der Waals surface area contributed by atoms with E-state index < -0.39 is 0 Å². The molecule has 0 radical (unpaired) electrons. The average Bonchev–Trinajstić information content (AvgIpc) is 3.34. The van der Waals surface area contributed by atoms with Crippen LogP contribution in [0.15, 0.2) is 78.9 Å². The molecule has 0 spiro atoms.